The van der Waals surface area contributed by atoms with Crippen molar-refractivity contribution < 1.29 is 9.90 Å². The van der Waals surface area contributed by atoms with Crippen LogP contribution in [0.1, 0.15) is 22.3 Å². The van der Waals surface area contributed by atoms with Gasteiger partial charge in [-0.3, -0.25) is 9.78 Å². The second kappa shape index (κ2) is 6.70. The van der Waals surface area contributed by atoms with Gasteiger partial charge in [-0.15, -0.1) is 0 Å². The largest absolute Gasteiger partial charge is 0.506 e. The molecule has 0 fully saturated rings. The molecule has 1 aromatic heterocycles. The molecule has 0 bridgehead atoms. The molecule has 20 heavy (non-hydrogen) atoms. The van der Waals surface area contributed by atoms with E-state index in [0.717, 1.165) is 12.8 Å². The number of rotatable bonds is 5. The molecular weight excluding hydrogens is 252 g/mol. The Morgan fingerprint density at radius 2 is 2.00 bits per heavy atom. The average molecular weight is 270 g/mol. The van der Waals surface area contributed by atoms with E-state index in [4.69, 9.17) is 0 Å². The van der Waals surface area contributed by atoms with Gasteiger partial charge in [-0.05, 0) is 24.5 Å². The van der Waals surface area contributed by atoms with Crippen molar-refractivity contribution in [2.75, 3.05) is 13.6 Å². The maximum atomic E-state index is 12.1. The van der Waals surface area contributed by atoms with Crippen LogP contribution in [-0.4, -0.2) is 34.5 Å². The Hall–Kier alpha value is -2.36. The zero-order valence-corrected chi connectivity index (χ0v) is 11.5. The van der Waals surface area contributed by atoms with Crippen LogP contribution in [0.25, 0.3) is 0 Å². The summed E-state index contributed by atoms with van der Waals surface area (Å²) in [5, 5.41) is 9.34. The Bertz CT molecular complexity index is 570. The molecule has 0 saturated heterocycles. The van der Waals surface area contributed by atoms with Crippen LogP contribution in [-0.2, 0) is 6.42 Å². The molecule has 2 rings (SSSR count). The van der Waals surface area contributed by atoms with Gasteiger partial charge in [0, 0.05) is 19.8 Å². The lowest BCUT2D eigenvalue weighted by atomic mass is 10.1. The Labute approximate surface area is 118 Å². The van der Waals surface area contributed by atoms with E-state index in [1.807, 2.05) is 18.2 Å². The minimum absolute atomic E-state index is 0.00790. The molecule has 0 unspecified atom stereocenters. The quantitative estimate of drug-likeness (QED) is 0.908. The Balaban J connectivity index is 1.85. The van der Waals surface area contributed by atoms with E-state index in [0.29, 0.717) is 12.1 Å². The van der Waals surface area contributed by atoms with Crippen molar-refractivity contribution in [1.82, 2.24) is 9.88 Å². The highest BCUT2D eigenvalue weighted by atomic mass is 16.3. The van der Waals surface area contributed by atoms with Crippen LogP contribution < -0.4 is 0 Å². The summed E-state index contributed by atoms with van der Waals surface area (Å²) in [6.07, 6.45) is 4.62. The minimum atomic E-state index is -0.124. The Kier molecular flexibility index (Phi) is 4.71. The number of benzene rings is 1. The number of hydrogen-bond acceptors (Lipinski definition) is 3. The molecule has 1 amide bonds. The fraction of sp³-hybridized carbons (Fsp3) is 0.250. The summed E-state index contributed by atoms with van der Waals surface area (Å²) in [6, 6.07) is 11.6. The molecule has 1 N–H and O–H groups in total. The Morgan fingerprint density at radius 3 is 2.70 bits per heavy atom. The van der Waals surface area contributed by atoms with E-state index in [-0.39, 0.29) is 11.7 Å². The molecular formula is C16H18N2O2. The van der Waals surface area contributed by atoms with Gasteiger partial charge in [0.1, 0.15) is 5.75 Å². The summed E-state index contributed by atoms with van der Waals surface area (Å²) >= 11 is 0. The van der Waals surface area contributed by atoms with E-state index < -0.39 is 0 Å². The van der Waals surface area contributed by atoms with Crippen molar-refractivity contribution in [3.8, 4) is 5.75 Å². The first-order valence-electron chi connectivity index (χ1n) is 6.60. The number of carbonyl (C=O) groups excluding carboxylic acids is 1. The van der Waals surface area contributed by atoms with E-state index in [9.17, 15) is 9.90 Å². The van der Waals surface area contributed by atoms with Gasteiger partial charge in [-0.2, -0.15) is 0 Å². The third-order valence-electron chi connectivity index (χ3n) is 3.12. The third-order valence-corrected chi connectivity index (χ3v) is 3.12. The summed E-state index contributed by atoms with van der Waals surface area (Å²) in [5.41, 5.74) is 1.68. The number of amides is 1. The maximum absolute atomic E-state index is 12.1. The fourth-order valence-electron chi connectivity index (χ4n) is 2.03. The smallest absolute Gasteiger partial charge is 0.255 e. The van der Waals surface area contributed by atoms with Gasteiger partial charge in [-0.25, -0.2) is 0 Å². The lowest BCUT2D eigenvalue weighted by Gasteiger charge is -2.17. The predicted molar refractivity (Wildman–Crippen MR) is 77.6 cm³/mol. The molecule has 4 heteroatoms. The van der Waals surface area contributed by atoms with Gasteiger partial charge < -0.3 is 10.0 Å². The zero-order valence-electron chi connectivity index (χ0n) is 11.5. The Morgan fingerprint density at radius 1 is 1.25 bits per heavy atom. The topological polar surface area (TPSA) is 53.4 Å². The van der Waals surface area contributed by atoms with Crippen molar-refractivity contribution in [2.24, 2.45) is 0 Å². The van der Waals surface area contributed by atoms with Crippen molar-refractivity contribution in [2.45, 2.75) is 12.8 Å². The molecule has 0 radical (unpaired) electrons. The number of aromatic nitrogens is 1. The van der Waals surface area contributed by atoms with Gasteiger partial charge in [0.25, 0.3) is 5.91 Å². The lowest BCUT2D eigenvalue weighted by Crippen LogP contribution is -2.28. The molecule has 0 atom stereocenters. The maximum Gasteiger partial charge on any atom is 0.255 e. The standard InChI is InChI=1S/C16H18N2O2/c1-18(9-5-8-13-6-3-2-4-7-13)16(20)14-10-15(19)12-17-11-14/h2-4,6-7,10-12,19H,5,8-9H2,1H3. The number of hydrogen-bond donors (Lipinski definition) is 1. The van der Waals surface area contributed by atoms with Gasteiger partial charge >= 0.3 is 0 Å². The van der Waals surface area contributed by atoms with Crippen molar-refractivity contribution >= 4 is 5.91 Å². The highest BCUT2D eigenvalue weighted by Gasteiger charge is 2.12. The van der Waals surface area contributed by atoms with Crippen molar-refractivity contribution in [3.05, 3.63) is 59.9 Å². The van der Waals surface area contributed by atoms with E-state index in [1.165, 1.54) is 24.0 Å². The molecule has 0 aliphatic rings. The van der Waals surface area contributed by atoms with Gasteiger partial charge in [0.2, 0.25) is 0 Å². The van der Waals surface area contributed by atoms with Gasteiger partial charge in [0.05, 0.1) is 11.8 Å². The minimum Gasteiger partial charge on any atom is -0.506 e. The number of pyridine rings is 1. The highest BCUT2D eigenvalue weighted by molar-refractivity contribution is 5.94. The number of aromatic hydroxyl groups is 1. The second-order valence-electron chi connectivity index (χ2n) is 4.75. The van der Waals surface area contributed by atoms with Crippen LogP contribution >= 0.6 is 0 Å². The third kappa shape index (κ3) is 3.82. The second-order valence-corrected chi connectivity index (χ2v) is 4.75. The first-order valence-corrected chi connectivity index (χ1v) is 6.60. The predicted octanol–water partition coefficient (Wildman–Crippen LogP) is 2.49. The molecule has 4 nitrogen and oxygen atoms in total. The molecule has 0 spiro atoms. The molecule has 2 aromatic rings. The van der Waals surface area contributed by atoms with Crippen molar-refractivity contribution in [3.63, 3.8) is 0 Å². The lowest BCUT2D eigenvalue weighted by molar-refractivity contribution is 0.0792. The summed E-state index contributed by atoms with van der Waals surface area (Å²) in [4.78, 5) is 17.6. The summed E-state index contributed by atoms with van der Waals surface area (Å²) in [5.74, 6) is -0.116. The normalized spacial score (nSPS) is 10.2. The van der Waals surface area contributed by atoms with Gasteiger partial charge in [0.15, 0.2) is 0 Å². The summed E-state index contributed by atoms with van der Waals surface area (Å²) in [7, 11) is 1.76. The van der Waals surface area contributed by atoms with Crippen LogP contribution in [0, 0.1) is 0 Å². The van der Waals surface area contributed by atoms with E-state index in [1.54, 1.807) is 11.9 Å². The monoisotopic (exact) mass is 270 g/mol. The fourth-order valence-corrected chi connectivity index (χ4v) is 2.03. The molecule has 0 aliphatic carbocycles. The summed E-state index contributed by atoms with van der Waals surface area (Å²) in [6.45, 7) is 0.670. The highest BCUT2D eigenvalue weighted by Crippen LogP contribution is 2.11. The van der Waals surface area contributed by atoms with Crippen LogP contribution in [0.5, 0.6) is 5.75 Å². The van der Waals surface area contributed by atoms with Crippen LogP contribution in [0.4, 0.5) is 0 Å². The van der Waals surface area contributed by atoms with Gasteiger partial charge in [-0.1, -0.05) is 30.3 Å². The SMILES string of the molecule is CN(CCCc1ccccc1)C(=O)c1cncc(O)c1. The van der Waals surface area contributed by atoms with Crippen LogP contribution in [0.15, 0.2) is 48.8 Å². The first-order chi connectivity index (χ1) is 9.66. The average Bonchev–Trinajstić information content (AvgIpc) is 2.47. The zero-order chi connectivity index (χ0) is 14.4. The van der Waals surface area contributed by atoms with Crippen LogP contribution in [0.2, 0.25) is 0 Å². The molecule has 1 aromatic carbocycles. The summed E-state index contributed by atoms with van der Waals surface area (Å²) < 4.78 is 0. The van der Waals surface area contributed by atoms with E-state index >= 15 is 0 Å². The first kappa shape index (κ1) is 14.1. The molecule has 0 aliphatic heterocycles. The number of nitrogens with zero attached hydrogens (tertiary/aromatic N) is 2. The van der Waals surface area contributed by atoms with E-state index in [2.05, 4.69) is 17.1 Å². The number of carbonyl (C=O) groups is 1. The molecule has 1 heterocycles. The number of aryl methyl sites for hydroxylation is 1. The van der Waals surface area contributed by atoms with Crippen LogP contribution in [0.3, 0.4) is 0 Å². The molecule has 0 saturated carbocycles. The molecule has 104 valence electrons. The van der Waals surface area contributed by atoms with Crippen molar-refractivity contribution in [1.29, 1.82) is 0 Å².